The van der Waals surface area contributed by atoms with Crippen molar-refractivity contribution in [2.45, 2.75) is 40.7 Å². The van der Waals surface area contributed by atoms with Crippen LogP contribution in [0.3, 0.4) is 0 Å². The molecule has 34 heavy (non-hydrogen) atoms. The minimum absolute atomic E-state index is 0.256. The molecule has 0 amide bonds. The Morgan fingerprint density at radius 1 is 0.882 bits per heavy atom. The van der Waals surface area contributed by atoms with Gasteiger partial charge < -0.3 is 0 Å². The topological polar surface area (TPSA) is 8.24 Å². The van der Waals surface area contributed by atoms with Crippen LogP contribution in [0.15, 0.2) is 60.6 Å². The van der Waals surface area contributed by atoms with Crippen molar-refractivity contribution in [3.05, 3.63) is 94.4 Å². The maximum atomic E-state index is 9.19. The number of nitrogens with zero attached hydrogens (tertiary/aromatic N) is 2. The number of aryl methyl sites for hydroxylation is 1. The van der Waals surface area contributed by atoms with Gasteiger partial charge in [0.1, 0.15) is 15.1 Å². The van der Waals surface area contributed by atoms with Crippen molar-refractivity contribution in [1.82, 2.24) is 0 Å². The van der Waals surface area contributed by atoms with E-state index in [1.54, 1.807) is 6.92 Å². The van der Waals surface area contributed by atoms with Gasteiger partial charge in [-0.2, -0.15) is 4.57 Å². The fraction of sp³-hybridized carbons (Fsp3) is 0.226. The van der Waals surface area contributed by atoms with Gasteiger partial charge in [0.25, 0.3) is 0 Å². The summed E-state index contributed by atoms with van der Waals surface area (Å²) in [6.45, 7) is 16.0. The summed E-state index contributed by atoms with van der Waals surface area (Å²) in [5.41, 5.74) is 9.27. The maximum Gasteiger partial charge on any atom is 0.212 e. The number of aromatic nitrogens is 1. The van der Waals surface area contributed by atoms with Crippen molar-refractivity contribution in [3.63, 3.8) is 0 Å². The number of benzene rings is 3. The number of hydrogen-bond acceptors (Lipinski definition) is 0. The van der Waals surface area contributed by atoms with Gasteiger partial charge in [-0.1, -0.05) is 67.7 Å². The van der Waals surface area contributed by atoms with Crippen LogP contribution in [0.1, 0.15) is 27.9 Å². The lowest BCUT2D eigenvalue weighted by Gasteiger charge is -2.25. The summed E-state index contributed by atoms with van der Waals surface area (Å²) in [5.74, 6) is 0. The highest BCUT2D eigenvalue weighted by molar-refractivity contribution is 7.05. The number of pyridine rings is 1. The predicted octanol–water partition coefficient (Wildman–Crippen LogP) is 6.43. The molecule has 2 nitrogen and oxygen atoms in total. The molecular weight excluding hydrogens is 428 g/mol. The number of hydrogen-bond donors (Lipinski definition) is 0. The summed E-state index contributed by atoms with van der Waals surface area (Å²) in [6.07, 6.45) is 0. The van der Waals surface area contributed by atoms with Crippen molar-refractivity contribution < 1.29 is 10.1 Å². The first-order chi connectivity index (χ1) is 17.8. The Morgan fingerprint density at radius 2 is 1.53 bits per heavy atom. The molecule has 0 atom stereocenters. The summed E-state index contributed by atoms with van der Waals surface area (Å²) < 4.78 is 35.4. The SMILES string of the molecule is [2H]c1c(C)c(C([2H])([2H])[2H])c(C)[n+](C)c1-c1c(C)ccc2c1[Si](C)(C)c1c-2ccc([N+]#[C-])c1-c1ccccc1. The monoisotopic (exact) mass is 463 g/mol. The van der Waals surface area contributed by atoms with Crippen LogP contribution in [-0.2, 0) is 7.05 Å². The Kier molecular flexibility index (Phi) is 4.11. The molecule has 0 bridgehead atoms. The van der Waals surface area contributed by atoms with E-state index in [0.717, 1.165) is 39.1 Å². The molecule has 0 unspecified atom stereocenters. The molecule has 0 spiro atoms. The van der Waals surface area contributed by atoms with Gasteiger partial charge in [0.2, 0.25) is 5.69 Å². The molecular formula is C31H31N2Si+. The summed E-state index contributed by atoms with van der Waals surface area (Å²) >= 11 is 0. The van der Waals surface area contributed by atoms with Crippen molar-refractivity contribution >= 4 is 24.1 Å². The van der Waals surface area contributed by atoms with Crippen molar-refractivity contribution in [3.8, 4) is 33.5 Å². The quantitative estimate of drug-likeness (QED) is 0.184. The second kappa shape index (κ2) is 7.79. The van der Waals surface area contributed by atoms with Crippen LogP contribution in [0.2, 0.25) is 13.1 Å². The molecule has 4 aromatic rings. The van der Waals surface area contributed by atoms with E-state index in [1.807, 2.05) is 42.8 Å². The van der Waals surface area contributed by atoms with Gasteiger partial charge in [-0.05, 0) is 64.5 Å². The Morgan fingerprint density at radius 3 is 2.18 bits per heavy atom. The van der Waals surface area contributed by atoms with Crippen molar-refractivity contribution in [1.29, 1.82) is 0 Å². The minimum atomic E-state index is -2.40. The number of rotatable bonds is 2. The summed E-state index contributed by atoms with van der Waals surface area (Å²) in [5, 5.41) is 2.50. The molecule has 3 aromatic carbocycles. The van der Waals surface area contributed by atoms with Crippen LogP contribution < -0.4 is 14.9 Å². The van der Waals surface area contributed by atoms with Gasteiger partial charge in [-0.15, -0.1) is 0 Å². The van der Waals surface area contributed by atoms with Gasteiger partial charge in [0.05, 0.1) is 7.94 Å². The highest BCUT2D eigenvalue weighted by Crippen LogP contribution is 2.41. The molecule has 0 saturated heterocycles. The Hall–Kier alpha value is -3.48. The molecule has 5 rings (SSSR count). The lowest BCUT2D eigenvalue weighted by molar-refractivity contribution is -0.667. The summed E-state index contributed by atoms with van der Waals surface area (Å²) in [6, 6.07) is 18.7. The Labute approximate surface area is 210 Å². The lowest BCUT2D eigenvalue weighted by Crippen LogP contribution is -2.52. The van der Waals surface area contributed by atoms with E-state index in [0.29, 0.717) is 16.9 Å². The zero-order chi connectivity index (χ0) is 27.7. The van der Waals surface area contributed by atoms with Crippen molar-refractivity contribution in [2.75, 3.05) is 0 Å². The number of fused-ring (bicyclic) bond motifs is 3. The standard InChI is InChI=1S/C31H31N2Si/c1-19-14-15-24-25-16-17-26(32-5)29(23-12-10-9-11-13-23)31(25)34(7,8)30(24)28(19)27-18-20(2)21(3)22(4)33(27)6/h9-18H,1-4,6-8H3/q+1/i3D3,18D. The molecule has 0 saturated carbocycles. The van der Waals surface area contributed by atoms with Gasteiger partial charge in [0, 0.05) is 28.2 Å². The second-order valence-corrected chi connectivity index (χ2v) is 14.0. The van der Waals surface area contributed by atoms with E-state index in [9.17, 15) is 1.37 Å². The van der Waals surface area contributed by atoms with Crippen LogP contribution in [0.5, 0.6) is 0 Å². The molecule has 1 aromatic heterocycles. The van der Waals surface area contributed by atoms with Gasteiger partial charge in [-0.25, -0.2) is 4.85 Å². The molecule has 168 valence electrons. The van der Waals surface area contributed by atoms with Gasteiger partial charge >= 0.3 is 0 Å². The second-order valence-electron chi connectivity index (χ2n) is 9.78. The highest BCUT2D eigenvalue weighted by atomic mass is 28.3. The van der Waals surface area contributed by atoms with E-state index in [2.05, 4.69) is 55.2 Å². The van der Waals surface area contributed by atoms with E-state index in [4.69, 9.17) is 10.7 Å². The van der Waals surface area contributed by atoms with E-state index in [1.165, 1.54) is 10.4 Å². The average molecular weight is 464 g/mol. The lowest BCUT2D eigenvalue weighted by atomic mass is 9.93. The molecule has 2 heterocycles. The van der Waals surface area contributed by atoms with Crippen LogP contribution in [0.4, 0.5) is 5.69 Å². The Balaban J connectivity index is 1.90. The zero-order valence-electron chi connectivity index (χ0n) is 24.6. The Bertz CT molecular complexity index is 1650. The molecule has 3 heteroatoms. The fourth-order valence-electron chi connectivity index (χ4n) is 5.63. The molecule has 0 fully saturated rings. The van der Waals surface area contributed by atoms with Crippen LogP contribution in [0.25, 0.3) is 38.4 Å². The molecule has 0 aliphatic carbocycles. The maximum absolute atomic E-state index is 9.19. The first-order valence-electron chi connectivity index (χ1n) is 13.6. The first-order valence-corrected chi connectivity index (χ1v) is 14.6. The van der Waals surface area contributed by atoms with E-state index >= 15 is 0 Å². The minimum Gasteiger partial charge on any atom is -0.238 e. The van der Waals surface area contributed by atoms with Crippen LogP contribution >= 0.6 is 0 Å². The first kappa shape index (κ1) is 17.9. The van der Waals surface area contributed by atoms with E-state index < -0.39 is 14.9 Å². The summed E-state index contributed by atoms with van der Waals surface area (Å²) in [7, 11) is -0.523. The molecule has 1 aliphatic rings. The normalized spacial score (nSPS) is 15.4. The highest BCUT2D eigenvalue weighted by Gasteiger charge is 2.43. The zero-order valence-corrected chi connectivity index (χ0v) is 21.6. The van der Waals surface area contributed by atoms with Crippen LogP contribution in [0, 0.1) is 34.2 Å². The molecule has 1 aliphatic heterocycles. The summed E-state index contributed by atoms with van der Waals surface area (Å²) in [4.78, 5) is 3.92. The predicted molar refractivity (Wildman–Crippen MR) is 146 cm³/mol. The van der Waals surface area contributed by atoms with Crippen molar-refractivity contribution in [2.24, 2.45) is 7.05 Å². The van der Waals surface area contributed by atoms with Gasteiger partial charge in [-0.3, -0.25) is 0 Å². The largest absolute Gasteiger partial charge is 0.238 e. The van der Waals surface area contributed by atoms with Gasteiger partial charge in [0.15, 0.2) is 11.4 Å². The molecule has 0 N–H and O–H groups in total. The average Bonchev–Trinajstić information content (AvgIpc) is 3.10. The van der Waals surface area contributed by atoms with E-state index in [-0.39, 0.29) is 11.6 Å². The van der Waals surface area contributed by atoms with Crippen LogP contribution in [-0.4, -0.2) is 8.07 Å². The fourth-order valence-corrected chi connectivity index (χ4v) is 9.50. The smallest absolute Gasteiger partial charge is 0.212 e. The third-order valence-corrected chi connectivity index (χ3v) is 11.0. The third kappa shape index (κ3) is 3.02. The third-order valence-electron chi connectivity index (χ3n) is 7.44. The molecule has 0 radical (unpaired) electrons.